The molecule has 1 atom stereocenters. The molecule has 0 bridgehead atoms. The molecular weight excluding hydrogens is 206 g/mol. The first-order valence-corrected chi connectivity index (χ1v) is 6.01. The molecule has 3 rings (SSSR count). The van der Waals surface area contributed by atoms with Gasteiger partial charge >= 0.3 is 0 Å². The van der Waals surface area contributed by atoms with Gasteiger partial charge in [-0.3, -0.25) is 0 Å². The first-order valence-electron chi connectivity index (χ1n) is 5.19. The van der Waals surface area contributed by atoms with Crippen LogP contribution < -0.4 is 10.6 Å². The smallest absolute Gasteiger partial charge is 0.186 e. The molecule has 1 aliphatic heterocycles. The molecule has 0 radical (unpaired) electrons. The van der Waals surface area contributed by atoms with E-state index in [9.17, 15) is 0 Å². The van der Waals surface area contributed by atoms with Gasteiger partial charge in [0.05, 0.1) is 10.2 Å². The highest BCUT2D eigenvalue weighted by molar-refractivity contribution is 7.22. The second-order valence-electron chi connectivity index (χ2n) is 3.96. The van der Waals surface area contributed by atoms with Gasteiger partial charge in [-0.1, -0.05) is 23.5 Å². The SMILES string of the molecule is NC1CCN(c2nc3ccccc3s2)C1. The number of para-hydroxylation sites is 1. The highest BCUT2D eigenvalue weighted by Gasteiger charge is 2.21. The number of nitrogens with zero attached hydrogens (tertiary/aromatic N) is 2. The summed E-state index contributed by atoms with van der Waals surface area (Å²) in [5.41, 5.74) is 6.99. The van der Waals surface area contributed by atoms with Crippen molar-refractivity contribution >= 4 is 26.7 Å². The monoisotopic (exact) mass is 219 g/mol. The van der Waals surface area contributed by atoms with E-state index in [4.69, 9.17) is 5.73 Å². The van der Waals surface area contributed by atoms with Gasteiger partial charge in [0.1, 0.15) is 0 Å². The molecule has 2 aromatic rings. The van der Waals surface area contributed by atoms with E-state index in [0.717, 1.165) is 30.2 Å². The zero-order valence-electron chi connectivity index (χ0n) is 8.39. The predicted octanol–water partition coefficient (Wildman–Crippen LogP) is 1.83. The standard InChI is InChI=1S/C11H13N3S/c12-8-5-6-14(7-8)11-13-9-3-1-2-4-10(9)15-11/h1-4,8H,5-7,12H2. The minimum absolute atomic E-state index is 0.317. The number of nitrogens with two attached hydrogens (primary N) is 1. The Bertz CT molecular complexity index is 446. The molecular formula is C11H13N3S. The molecule has 1 unspecified atom stereocenters. The van der Waals surface area contributed by atoms with Gasteiger partial charge in [0.25, 0.3) is 0 Å². The summed E-state index contributed by atoms with van der Waals surface area (Å²) in [5, 5.41) is 1.11. The van der Waals surface area contributed by atoms with Crippen molar-refractivity contribution in [2.75, 3.05) is 18.0 Å². The van der Waals surface area contributed by atoms with Crippen molar-refractivity contribution < 1.29 is 0 Å². The fraction of sp³-hybridized carbons (Fsp3) is 0.364. The van der Waals surface area contributed by atoms with Crippen molar-refractivity contribution in [2.24, 2.45) is 5.73 Å². The molecule has 1 aromatic heterocycles. The summed E-state index contributed by atoms with van der Waals surface area (Å²) in [6.45, 7) is 1.99. The number of aromatic nitrogens is 1. The van der Waals surface area contributed by atoms with Gasteiger partial charge < -0.3 is 10.6 Å². The van der Waals surface area contributed by atoms with Gasteiger partial charge in [0.15, 0.2) is 5.13 Å². The van der Waals surface area contributed by atoms with Crippen LogP contribution in [-0.2, 0) is 0 Å². The summed E-state index contributed by atoms with van der Waals surface area (Å²) >= 11 is 1.76. The summed E-state index contributed by atoms with van der Waals surface area (Å²) in [6.07, 6.45) is 1.08. The largest absolute Gasteiger partial charge is 0.346 e. The number of hydrogen-bond acceptors (Lipinski definition) is 4. The third-order valence-electron chi connectivity index (χ3n) is 2.78. The summed E-state index contributed by atoms with van der Waals surface area (Å²) in [7, 11) is 0. The topological polar surface area (TPSA) is 42.1 Å². The van der Waals surface area contributed by atoms with E-state index in [-0.39, 0.29) is 0 Å². The molecule has 3 nitrogen and oxygen atoms in total. The molecule has 1 aromatic carbocycles. The van der Waals surface area contributed by atoms with Gasteiger partial charge in [-0.2, -0.15) is 0 Å². The van der Waals surface area contributed by atoms with Crippen molar-refractivity contribution in [2.45, 2.75) is 12.5 Å². The summed E-state index contributed by atoms with van der Waals surface area (Å²) in [5.74, 6) is 0. The van der Waals surface area contributed by atoms with Gasteiger partial charge in [0, 0.05) is 19.1 Å². The van der Waals surface area contributed by atoms with Crippen LogP contribution in [0, 0.1) is 0 Å². The lowest BCUT2D eigenvalue weighted by molar-refractivity contribution is 0.752. The Morgan fingerprint density at radius 1 is 1.40 bits per heavy atom. The van der Waals surface area contributed by atoms with Gasteiger partial charge in [-0.25, -0.2) is 4.98 Å². The Labute approximate surface area is 92.5 Å². The number of hydrogen-bond donors (Lipinski definition) is 1. The molecule has 0 amide bonds. The van der Waals surface area contributed by atoms with E-state index in [2.05, 4.69) is 28.1 Å². The number of rotatable bonds is 1. The molecule has 2 N–H and O–H groups in total. The number of anilines is 1. The minimum atomic E-state index is 0.317. The van der Waals surface area contributed by atoms with Crippen molar-refractivity contribution in [1.29, 1.82) is 0 Å². The fourth-order valence-electron chi connectivity index (χ4n) is 1.96. The molecule has 15 heavy (non-hydrogen) atoms. The molecule has 1 fully saturated rings. The van der Waals surface area contributed by atoms with Crippen molar-refractivity contribution in [1.82, 2.24) is 4.98 Å². The van der Waals surface area contributed by atoms with Crippen LogP contribution in [0.4, 0.5) is 5.13 Å². The lowest BCUT2D eigenvalue weighted by Crippen LogP contribution is -2.26. The van der Waals surface area contributed by atoms with Gasteiger partial charge in [-0.05, 0) is 18.6 Å². The van der Waals surface area contributed by atoms with E-state index in [1.165, 1.54) is 4.70 Å². The highest BCUT2D eigenvalue weighted by Crippen LogP contribution is 2.30. The highest BCUT2D eigenvalue weighted by atomic mass is 32.1. The number of fused-ring (bicyclic) bond motifs is 1. The van der Waals surface area contributed by atoms with Gasteiger partial charge in [0.2, 0.25) is 0 Å². The zero-order chi connectivity index (χ0) is 10.3. The maximum atomic E-state index is 5.89. The van der Waals surface area contributed by atoms with E-state index < -0.39 is 0 Å². The van der Waals surface area contributed by atoms with E-state index in [0.29, 0.717) is 6.04 Å². The average molecular weight is 219 g/mol. The quantitative estimate of drug-likeness (QED) is 0.795. The van der Waals surface area contributed by atoms with Crippen LogP contribution >= 0.6 is 11.3 Å². The van der Waals surface area contributed by atoms with Crippen LogP contribution in [0.25, 0.3) is 10.2 Å². The van der Waals surface area contributed by atoms with Crippen LogP contribution in [0.1, 0.15) is 6.42 Å². The lowest BCUT2D eigenvalue weighted by atomic mass is 10.3. The molecule has 78 valence electrons. The summed E-state index contributed by atoms with van der Waals surface area (Å²) in [6, 6.07) is 8.58. The van der Waals surface area contributed by atoms with E-state index in [1.54, 1.807) is 11.3 Å². The molecule has 0 saturated carbocycles. The van der Waals surface area contributed by atoms with Crippen LogP contribution in [-0.4, -0.2) is 24.1 Å². The Kier molecular flexibility index (Phi) is 2.11. The van der Waals surface area contributed by atoms with Crippen LogP contribution in [0.5, 0.6) is 0 Å². The molecule has 1 saturated heterocycles. The zero-order valence-corrected chi connectivity index (χ0v) is 9.20. The second kappa shape index (κ2) is 3.47. The Morgan fingerprint density at radius 3 is 3.00 bits per heavy atom. The average Bonchev–Trinajstić information content (AvgIpc) is 2.82. The third kappa shape index (κ3) is 1.60. The second-order valence-corrected chi connectivity index (χ2v) is 4.97. The summed E-state index contributed by atoms with van der Waals surface area (Å²) < 4.78 is 1.26. The Morgan fingerprint density at radius 2 is 2.27 bits per heavy atom. The first-order chi connectivity index (χ1) is 7.33. The lowest BCUT2D eigenvalue weighted by Gasteiger charge is -2.12. The normalized spacial score (nSPS) is 21.4. The fourth-order valence-corrected chi connectivity index (χ4v) is 2.96. The minimum Gasteiger partial charge on any atom is -0.346 e. The van der Waals surface area contributed by atoms with E-state index >= 15 is 0 Å². The predicted molar refractivity (Wildman–Crippen MR) is 64.4 cm³/mol. The first kappa shape index (κ1) is 9.12. The molecule has 0 spiro atoms. The number of benzene rings is 1. The Hall–Kier alpha value is -1.13. The number of thiazole rings is 1. The molecule has 4 heteroatoms. The van der Waals surface area contributed by atoms with Crippen LogP contribution in [0.15, 0.2) is 24.3 Å². The Balaban J connectivity index is 1.98. The van der Waals surface area contributed by atoms with E-state index in [1.807, 2.05) is 6.07 Å². The molecule has 1 aliphatic rings. The van der Waals surface area contributed by atoms with Crippen LogP contribution in [0.3, 0.4) is 0 Å². The molecule has 2 heterocycles. The summed E-state index contributed by atoms with van der Waals surface area (Å²) in [4.78, 5) is 6.91. The maximum absolute atomic E-state index is 5.89. The third-order valence-corrected chi connectivity index (χ3v) is 3.88. The van der Waals surface area contributed by atoms with Gasteiger partial charge in [-0.15, -0.1) is 0 Å². The van der Waals surface area contributed by atoms with Crippen molar-refractivity contribution in [3.63, 3.8) is 0 Å². The van der Waals surface area contributed by atoms with Crippen LogP contribution in [0.2, 0.25) is 0 Å². The maximum Gasteiger partial charge on any atom is 0.186 e. The molecule has 0 aliphatic carbocycles. The van der Waals surface area contributed by atoms with Crippen molar-refractivity contribution in [3.8, 4) is 0 Å². The van der Waals surface area contributed by atoms with Crippen molar-refractivity contribution in [3.05, 3.63) is 24.3 Å².